The standard InChI is InChI=1S/C10H7F3N4/c11-6-1-5(2-7(12)9(6)13)17-10-8(14)3-15-4-16-10/h1-4H,14H2,(H,15,16,17). The van der Waals surface area contributed by atoms with Gasteiger partial charge in [0.25, 0.3) is 0 Å². The molecule has 0 aliphatic rings. The average molecular weight is 240 g/mol. The van der Waals surface area contributed by atoms with Gasteiger partial charge in [-0.3, -0.25) is 0 Å². The number of halogens is 3. The minimum Gasteiger partial charge on any atom is -0.394 e. The number of anilines is 3. The Morgan fingerprint density at radius 3 is 2.35 bits per heavy atom. The zero-order valence-electron chi connectivity index (χ0n) is 8.42. The van der Waals surface area contributed by atoms with Gasteiger partial charge in [0, 0.05) is 17.8 Å². The first kappa shape index (κ1) is 11.2. The maximum atomic E-state index is 12.9. The highest BCUT2D eigenvalue weighted by Gasteiger charge is 2.11. The normalized spacial score (nSPS) is 10.3. The fraction of sp³-hybridized carbons (Fsp3) is 0. The van der Waals surface area contributed by atoms with Crippen LogP contribution in [0, 0.1) is 17.5 Å². The Balaban J connectivity index is 2.34. The highest BCUT2D eigenvalue weighted by Crippen LogP contribution is 2.22. The molecule has 0 spiro atoms. The van der Waals surface area contributed by atoms with Gasteiger partial charge in [-0.1, -0.05) is 0 Å². The SMILES string of the molecule is Nc1cncnc1Nc1cc(F)c(F)c(F)c1. The van der Waals surface area contributed by atoms with E-state index in [-0.39, 0.29) is 17.2 Å². The molecule has 17 heavy (non-hydrogen) atoms. The van der Waals surface area contributed by atoms with Gasteiger partial charge in [0.2, 0.25) is 0 Å². The minimum atomic E-state index is -1.52. The van der Waals surface area contributed by atoms with E-state index < -0.39 is 17.5 Å². The van der Waals surface area contributed by atoms with Gasteiger partial charge in [0.15, 0.2) is 23.3 Å². The molecule has 1 heterocycles. The Labute approximate surface area is 94.3 Å². The first-order valence-corrected chi connectivity index (χ1v) is 4.55. The van der Waals surface area contributed by atoms with Gasteiger partial charge >= 0.3 is 0 Å². The van der Waals surface area contributed by atoms with Crippen molar-refractivity contribution in [3.63, 3.8) is 0 Å². The first-order valence-electron chi connectivity index (χ1n) is 4.55. The second-order valence-electron chi connectivity index (χ2n) is 3.21. The van der Waals surface area contributed by atoms with E-state index in [1.54, 1.807) is 0 Å². The van der Waals surface area contributed by atoms with Gasteiger partial charge in [-0.05, 0) is 0 Å². The van der Waals surface area contributed by atoms with E-state index in [2.05, 4.69) is 15.3 Å². The van der Waals surface area contributed by atoms with E-state index in [9.17, 15) is 13.2 Å². The van der Waals surface area contributed by atoms with Crippen LogP contribution in [0.15, 0.2) is 24.7 Å². The topological polar surface area (TPSA) is 63.8 Å². The smallest absolute Gasteiger partial charge is 0.194 e. The van der Waals surface area contributed by atoms with Crippen molar-refractivity contribution in [3.05, 3.63) is 42.1 Å². The van der Waals surface area contributed by atoms with E-state index in [0.29, 0.717) is 0 Å². The van der Waals surface area contributed by atoms with Crippen molar-refractivity contribution in [3.8, 4) is 0 Å². The Kier molecular flexibility index (Phi) is 2.82. The highest BCUT2D eigenvalue weighted by atomic mass is 19.2. The average Bonchev–Trinajstić information content (AvgIpc) is 2.29. The van der Waals surface area contributed by atoms with E-state index in [1.807, 2.05) is 0 Å². The number of nitrogens with zero attached hydrogens (tertiary/aromatic N) is 2. The molecule has 88 valence electrons. The summed E-state index contributed by atoms with van der Waals surface area (Å²) in [5.74, 6) is -3.92. The first-order chi connectivity index (χ1) is 8.08. The van der Waals surface area contributed by atoms with Crippen molar-refractivity contribution in [2.75, 3.05) is 11.1 Å². The fourth-order valence-corrected chi connectivity index (χ4v) is 1.21. The third-order valence-corrected chi connectivity index (χ3v) is 1.99. The van der Waals surface area contributed by atoms with Gasteiger partial charge in [-0.15, -0.1) is 0 Å². The molecule has 0 saturated carbocycles. The number of nitrogens with one attached hydrogen (secondary N) is 1. The Morgan fingerprint density at radius 2 is 1.76 bits per heavy atom. The summed E-state index contributed by atoms with van der Waals surface area (Å²) in [6.07, 6.45) is 2.54. The lowest BCUT2D eigenvalue weighted by atomic mass is 10.3. The van der Waals surface area contributed by atoms with Gasteiger partial charge in [0.1, 0.15) is 6.33 Å². The molecule has 4 nitrogen and oxygen atoms in total. The second-order valence-corrected chi connectivity index (χ2v) is 3.21. The van der Waals surface area contributed by atoms with Crippen LogP contribution in [0.25, 0.3) is 0 Å². The summed E-state index contributed by atoms with van der Waals surface area (Å²) in [4.78, 5) is 7.42. The summed E-state index contributed by atoms with van der Waals surface area (Å²) >= 11 is 0. The van der Waals surface area contributed by atoms with Crippen LogP contribution in [0.5, 0.6) is 0 Å². The molecule has 0 radical (unpaired) electrons. The lowest BCUT2D eigenvalue weighted by Crippen LogP contribution is -2.01. The van der Waals surface area contributed by atoms with Crippen molar-refractivity contribution in [2.45, 2.75) is 0 Å². The number of hydrogen-bond acceptors (Lipinski definition) is 4. The maximum absolute atomic E-state index is 12.9. The Bertz CT molecular complexity index is 536. The number of benzene rings is 1. The third-order valence-electron chi connectivity index (χ3n) is 1.99. The molecule has 1 aromatic carbocycles. The Morgan fingerprint density at radius 1 is 1.12 bits per heavy atom. The molecule has 0 saturated heterocycles. The van der Waals surface area contributed by atoms with Gasteiger partial charge in [0.05, 0.1) is 11.9 Å². The lowest BCUT2D eigenvalue weighted by Gasteiger charge is -2.08. The van der Waals surface area contributed by atoms with E-state index >= 15 is 0 Å². The molecule has 2 aromatic rings. The predicted molar refractivity (Wildman–Crippen MR) is 56.0 cm³/mol. The number of nitrogens with two attached hydrogens (primary N) is 1. The van der Waals surface area contributed by atoms with Crippen molar-refractivity contribution in [1.82, 2.24) is 9.97 Å². The largest absolute Gasteiger partial charge is 0.394 e. The molecular formula is C10H7F3N4. The Hall–Kier alpha value is -2.31. The molecule has 1 aromatic heterocycles. The van der Waals surface area contributed by atoms with Crippen LogP contribution in [0.4, 0.5) is 30.4 Å². The van der Waals surface area contributed by atoms with Crippen LogP contribution in [-0.4, -0.2) is 9.97 Å². The minimum absolute atomic E-state index is 0.00630. The molecule has 2 rings (SSSR count). The summed E-state index contributed by atoms with van der Waals surface area (Å²) in [6.45, 7) is 0. The van der Waals surface area contributed by atoms with Crippen molar-refractivity contribution >= 4 is 17.2 Å². The quantitative estimate of drug-likeness (QED) is 0.790. The van der Waals surface area contributed by atoms with Gasteiger partial charge in [-0.25, -0.2) is 23.1 Å². The van der Waals surface area contributed by atoms with Crippen LogP contribution in [0.1, 0.15) is 0 Å². The third kappa shape index (κ3) is 2.27. The van der Waals surface area contributed by atoms with E-state index in [1.165, 1.54) is 12.5 Å². The van der Waals surface area contributed by atoms with Crippen molar-refractivity contribution in [1.29, 1.82) is 0 Å². The molecule has 0 bridgehead atoms. The van der Waals surface area contributed by atoms with E-state index in [4.69, 9.17) is 5.73 Å². The van der Waals surface area contributed by atoms with Gasteiger partial charge < -0.3 is 11.1 Å². The zero-order valence-corrected chi connectivity index (χ0v) is 8.42. The molecule has 3 N–H and O–H groups in total. The zero-order chi connectivity index (χ0) is 12.4. The van der Waals surface area contributed by atoms with Crippen LogP contribution in [0.2, 0.25) is 0 Å². The molecule has 0 fully saturated rings. The summed E-state index contributed by atoms with van der Waals surface area (Å²) in [6, 6.07) is 1.61. The fourth-order valence-electron chi connectivity index (χ4n) is 1.21. The maximum Gasteiger partial charge on any atom is 0.194 e. The number of nitrogen functional groups attached to an aromatic ring is 1. The summed E-state index contributed by atoms with van der Waals surface area (Å²) in [5.41, 5.74) is 5.74. The molecule has 0 unspecified atom stereocenters. The van der Waals surface area contributed by atoms with Crippen LogP contribution >= 0.6 is 0 Å². The molecule has 7 heteroatoms. The number of rotatable bonds is 2. The van der Waals surface area contributed by atoms with Gasteiger partial charge in [-0.2, -0.15) is 0 Å². The molecule has 0 aliphatic carbocycles. The molecule has 0 atom stereocenters. The molecule has 0 amide bonds. The van der Waals surface area contributed by atoms with Crippen LogP contribution < -0.4 is 11.1 Å². The van der Waals surface area contributed by atoms with E-state index in [0.717, 1.165) is 12.1 Å². The summed E-state index contributed by atoms with van der Waals surface area (Å²) in [7, 11) is 0. The van der Waals surface area contributed by atoms with Crippen LogP contribution in [0.3, 0.4) is 0 Å². The van der Waals surface area contributed by atoms with Crippen molar-refractivity contribution in [2.24, 2.45) is 0 Å². The van der Waals surface area contributed by atoms with Crippen molar-refractivity contribution < 1.29 is 13.2 Å². The second kappa shape index (κ2) is 4.28. The highest BCUT2D eigenvalue weighted by molar-refractivity contribution is 5.67. The lowest BCUT2D eigenvalue weighted by molar-refractivity contribution is 0.448. The predicted octanol–water partition coefficient (Wildman–Crippen LogP) is 2.22. The van der Waals surface area contributed by atoms with Crippen LogP contribution in [-0.2, 0) is 0 Å². The number of aromatic nitrogens is 2. The molecule has 0 aliphatic heterocycles. The summed E-state index contributed by atoms with van der Waals surface area (Å²) < 4.78 is 38.5. The monoisotopic (exact) mass is 240 g/mol. The molecular weight excluding hydrogens is 233 g/mol. The summed E-state index contributed by atoms with van der Waals surface area (Å²) in [5, 5.41) is 2.56. The number of hydrogen-bond donors (Lipinski definition) is 2.